The molecule has 166 valence electrons. The fraction of sp³-hybridized carbons (Fsp3) is 0.273. The van der Waals surface area contributed by atoms with Crippen molar-refractivity contribution >= 4 is 22.1 Å². The van der Waals surface area contributed by atoms with Gasteiger partial charge in [0.1, 0.15) is 6.61 Å². The van der Waals surface area contributed by atoms with Crippen LogP contribution in [0.15, 0.2) is 53.0 Å². The third kappa shape index (κ3) is 6.66. The number of nitrogens with one attached hydrogen (secondary N) is 2. The highest BCUT2D eigenvalue weighted by Gasteiger charge is 2.20. The van der Waals surface area contributed by atoms with Crippen LogP contribution in [0.2, 0.25) is 0 Å². The van der Waals surface area contributed by atoms with Gasteiger partial charge in [-0.2, -0.15) is 5.10 Å². The van der Waals surface area contributed by atoms with Gasteiger partial charge in [0.15, 0.2) is 11.5 Å². The highest BCUT2D eigenvalue weighted by molar-refractivity contribution is 7.89. The zero-order valence-corrected chi connectivity index (χ0v) is 18.9. The van der Waals surface area contributed by atoms with Gasteiger partial charge in [-0.15, -0.1) is 0 Å². The first kappa shape index (κ1) is 24.1. The van der Waals surface area contributed by atoms with Crippen molar-refractivity contribution in [2.24, 2.45) is 5.10 Å². The molecule has 0 aromatic heterocycles. The average molecular weight is 446 g/mol. The highest BCUT2D eigenvalue weighted by Crippen LogP contribution is 2.27. The van der Waals surface area contributed by atoms with Crippen LogP contribution in [0.5, 0.6) is 11.5 Å². The van der Waals surface area contributed by atoms with Crippen molar-refractivity contribution < 1.29 is 22.7 Å². The Morgan fingerprint density at radius 2 is 1.81 bits per heavy atom. The summed E-state index contributed by atoms with van der Waals surface area (Å²) in [6.07, 6.45) is 3.04. The summed E-state index contributed by atoms with van der Waals surface area (Å²) in [7, 11) is -2.32. The SMILES string of the molecule is C=CCOc1ccc(/C=N\NC(=O)CNS(=O)(=O)c2c(C)cc(C)cc2C)cc1OC. The van der Waals surface area contributed by atoms with Crippen LogP contribution in [0.1, 0.15) is 22.3 Å². The van der Waals surface area contributed by atoms with Crippen molar-refractivity contribution in [2.45, 2.75) is 25.7 Å². The lowest BCUT2D eigenvalue weighted by molar-refractivity contribution is -0.119. The van der Waals surface area contributed by atoms with Crippen molar-refractivity contribution in [3.05, 3.63) is 65.2 Å². The number of hydrogen-bond donors (Lipinski definition) is 2. The van der Waals surface area contributed by atoms with Gasteiger partial charge in [0, 0.05) is 0 Å². The van der Waals surface area contributed by atoms with Gasteiger partial charge in [-0.05, 0) is 55.7 Å². The number of methoxy groups -OCH3 is 1. The molecule has 0 aliphatic rings. The van der Waals surface area contributed by atoms with Crippen LogP contribution in [0.3, 0.4) is 0 Å². The second-order valence-electron chi connectivity index (χ2n) is 6.86. The fourth-order valence-electron chi connectivity index (χ4n) is 3.07. The molecule has 0 saturated heterocycles. The maximum Gasteiger partial charge on any atom is 0.255 e. The summed E-state index contributed by atoms with van der Waals surface area (Å²) < 4.78 is 38.3. The zero-order valence-electron chi connectivity index (χ0n) is 18.1. The lowest BCUT2D eigenvalue weighted by Crippen LogP contribution is -2.35. The van der Waals surface area contributed by atoms with Crippen LogP contribution in [0.4, 0.5) is 0 Å². The van der Waals surface area contributed by atoms with Crippen molar-refractivity contribution in [1.29, 1.82) is 0 Å². The van der Waals surface area contributed by atoms with Gasteiger partial charge in [-0.25, -0.2) is 18.6 Å². The molecule has 9 heteroatoms. The number of amides is 1. The van der Waals surface area contributed by atoms with E-state index in [-0.39, 0.29) is 4.90 Å². The van der Waals surface area contributed by atoms with Crippen molar-refractivity contribution in [3.8, 4) is 11.5 Å². The molecule has 0 aliphatic heterocycles. The second-order valence-corrected chi connectivity index (χ2v) is 8.56. The van der Waals surface area contributed by atoms with E-state index in [1.807, 2.05) is 6.92 Å². The minimum Gasteiger partial charge on any atom is -0.493 e. The molecule has 0 fully saturated rings. The van der Waals surface area contributed by atoms with Crippen molar-refractivity contribution in [2.75, 3.05) is 20.3 Å². The molecule has 0 unspecified atom stereocenters. The molecule has 2 aromatic rings. The van der Waals surface area contributed by atoms with Gasteiger partial charge in [-0.3, -0.25) is 4.79 Å². The lowest BCUT2D eigenvalue weighted by Gasteiger charge is -2.12. The van der Waals surface area contributed by atoms with E-state index in [0.717, 1.165) is 5.56 Å². The molecule has 2 N–H and O–H groups in total. The Kier molecular flexibility index (Phi) is 8.35. The van der Waals surface area contributed by atoms with Crippen LogP contribution in [0, 0.1) is 20.8 Å². The summed E-state index contributed by atoms with van der Waals surface area (Å²) in [5.74, 6) is 0.466. The number of hydrazone groups is 1. The summed E-state index contributed by atoms with van der Waals surface area (Å²) in [5, 5.41) is 3.86. The summed E-state index contributed by atoms with van der Waals surface area (Å²) >= 11 is 0. The van der Waals surface area contributed by atoms with Crippen LogP contribution < -0.4 is 19.6 Å². The molecule has 0 heterocycles. The predicted octanol–water partition coefficient (Wildman–Crippen LogP) is 2.61. The monoisotopic (exact) mass is 445 g/mol. The van der Waals surface area contributed by atoms with Crippen LogP contribution in [-0.4, -0.2) is 40.8 Å². The topological polar surface area (TPSA) is 106 Å². The molecule has 1 amide bonds. The van der Waals surface area contributed by atoms with E-state index >= 15 is 0 Å². The molecule has 31 heavy (non-hydrogen) atoms. The number of carbonyl (C=O) groups is 1. The molecule has 2 rings (SSSR count). The number of carbonyl (C=O) groups excluding carboxylic acids is 1. The van der Waals surface area contributed by atoms with E-state index in [0.29, 0.717) is 34.8 Å². The van der Waals surface area contributed by atoms with Gasteiger partial charge in [0.05, 0.1) is 24.8 Å². The van der Waals surface area contributed by atoms with E-state index < -0.39 is 22.5 Å². The molecular formula is C22H27N3O5S. The summed E-state index contributed by atoms with van der Waals surface area (Å²) in [5.41, 5.74) is 5.18. The fourth-order valence-corrected chi connectivity index (χ4v) is 4.51. The standard InChI is InChI=1S/C22H27N3O5S/c1-6-9-30-19-8-7-18(12-20(19)29-5)13-23-25-21(26)14-24-31(27,28)22-16(3)10-15(2)11-17(22)4/h6-8,10-13,24H,1,9,14H2,2-5H3,(H,25,26)/b23-13-. The normalized spacial score (nSPS) is 11.4. The van der Waals surface area contributed by atoms with Gasteiger partial charge in [-0.1, -0.05) is 30.4 Å². The first-order valence-electron chi connectivity index (χ1n) is 9.49. The molecule has 2 aromatic carbocycles. The maximum atomic E-state index is 12.6. The third-order valence-corrected chi connectivity index (χ3v) is 5.95. The third-order valence-electron chi connectivity index (χ3n) is 4.24. The molecule has 0 atom stereocenters. The average Bonchev–Trinajstić information content (AvgIpc) is 2.70. The largest absolute Gasteiger partial charge is 0.493 e. The Hall–Kier alpha value is -3.17. The zero-order chi connectivity index (χ0) is 23.0. The molecule has 0 spiro atoms. The number of rotatable bonds is 10. The lowest BCUT2D eigenvalue weighted by atomic mass is 10.1. The number of hydrogen-bond acceptors (Lipinski definition) is 6. The summed E-state index contributed by atoms with van der Waals surface area (Å²) in [6.45, 7) is 8.84. The van der Waals surface area contributed by atoms with Crippen molar-refractivity contribution in [1.82, 2.24) is 10.1 Å². The summed E-state index contributed by atoms with van der Waals surface area (Å²) in [4.78, 5) is 12.2. The van der Waals surface area contributed by atoms with Gasteiger partial charge < -0.3 is 9.47 Å². The predicted molar refractivity (Wildman–Crippen MR) is 120 cm³/mol. The van der Waals surface area contributed by atoms with E-state index in [4.69, 9.17) is 9.47 Å². The quantitative estimate of drug-likeness (QED) is 0.332. The molecule has 0 saturated carbocycles. The molecule has 0 aliphatic carbocycles. The number of ether oxygens (including phenoxy) is 2. The van der Waals surface area contributed by atoms with Gasteiger partial charge in [0.2, 0.25) is 10.0 Å². The molecule has 0 bridgehead atoms. The first-order chi connectivity index (χ1) is 14.7. The van der Waals surface area contributed by atoms with E-state index in [1.165, 1.54) is 13.3 Å². The van der Waals surface area contributed by atoms with E-state index in [1.54, 1.807) is 50.3 Å². The number of nitrogens with zero attached hydrogens (tertiary/aromatic N) is 1. The Bertz CT molecular complexity index is 1070. The first-order valence-corrected chi connectivity index (χ1v) is 11.0. The smallest absolute Gasteiger partial charge is 0.255 e. The minimum atomic E-state index is -3.83. The second kappa shape index (κ2) is 10.7. The Balaban J connectivity index is 1.98. The van der Waals surface area contributed by atoms with Crippen LogP contribution >= 0.6 is 0 Å². The summed E-state index contributed by atoms with van der Waals surface area (Å²) in [6, 6.07) is 8.72. The van der Waals surface area contributed by atoms with Crippen molar-refractivity contribution in [3.63, 3.8) is 0 Å². The minimum absolute atomic E-state index is 0.181. The number of sulfonamides is 1. The maximum absolute atomic E-state index is 12.6. The van der Waals surface area contributed by atoms with Gasteiger partial charge >= 0.3 is 0 Å². The van der Waals surface area contributed by atoms with Gasteiger partial charge in [0.25, 0.3) is 5.91 Å². The van der Waals surface area contributed by atoms with E-state index in [2.05, 4.69) is 21.8 Å². The molecular weight excluding hydrogens is 418 g/mol. The van der Waals surface area contributed by atoms with E-state index in [9.17, 15) is 13.2 Å². The Morgan fingerprint density at radius 1 is 1.13 bits per heavy atom. The molecule has 0 radical (unpaired) electrons. The van der Waals surface area contributed by atoms with Crippen LogP contribution in [0.25, 0.3) is 0 Å². The number of benzene rings is 2. The Labute approximate surface area is 183 Å². The van der Waals surface area contributed by atoms with Crippen LogP contribution in [-0.2, 0) is 14.8 Å². The number of aryl methyl sites for hydroxylation is 3. The highest BCUT2D eigenvalue weighted by atomic mass is 32.2. The Morgan fingerprint density at radius 3 is 2.42 bits per heavy atom. The molecule has 8 nitrogen and oxygen atoms in total.